The van der Waals surface area contributed by atoms with E-state index >= 15 is 0 Å². The Hall–Kier alpha value is -1.90. The van der Waals surface area contributed by atoms with Gasteiger partial charge in [0.1, 0.15) is 0 Å². The lowest BCUT2D eigenvalue weighted by Crippen LogP contribution is -2.00. The van der Waals surface area contributed by atoms with Crippen LogP contribution in [0.1, 0.15) is 12.0 Å². The molecule has 0 aliphatic rings. The second kappa shape index (κ2) is 5.85. The molecule has 0 saturated carbocycles. The maximum Gasteiger partial charge on any atom is 0.213 e. The zero-order chi connectivity index (χ0) is 11.1. The molecule has 0 aliphatic heterocycles. The van der Waals surface area contributed by atoms with E-state index in [4.69, 9.17) is 4.74 Å². The molecule has 0 amide bonds. The van der Waals surface area contributed by atoms with Crippen LogP contribution >= 0.6 is 0 Å². The van der Waals surface area contributed by atoms with Gasteiger partial charge in [0.25, 0.3) is 0 Å². The van der Waals surface area contributed by atoms with Crippen LogP contribution in [0.25, 0.3) is 0 Å². The van der Waals surface area contributed by atoms with Gasteiger partial charge in [-0.15, -0.1) is 0 Å². The molecule has 16 heavy (non-hydrogen) atoms. The summed E-state index contributed by atoms with van der Waals surface area (Å²) in [5, 5.41) is 0. The highest BCUT2D eigenvalue weighted by molar-refractivity contribution is 5.10. The van der Waals surface area contributed by atoms with Crippen LogP contribution in [0, 0.1) is 0 Å². The van der Waals surface area contributed by atoms with Gasteiger partial charge in [-0.1, -0.05) is 6.07 Å². The molecule has 0 spiro atoms. The Morgan fingerprint density at radius 2 is 1.88 bits per heavy atom. The molecule has 0 atom stereocenters. The number of aryl methyl sites for hydroxylation is 1. The molecule has 0 unspecified atom stereocenters. The number of hydrogen-bond acceptors (Lipinski definition) is 3. The molecule has 82 valence electrons. The fourth-order valence-electron chi connectivity index (χ4n) is 1.43. The summed E-state index contributed by atoms with van der Waals surface area (Å²) in [6, 6.07) is 9.73. The standard InChI is InChI=1S/C13H14N2O/c1-2-8-15-13(5-1)16-11-3-4-12-6-9-14-10-7-12/h1-2,5-10H,3-4,11H2. The number of rotatable bonds is 5. The zero-order valence-electron chi connectivity index (χ0n) is 9.04. The zero-order valence-corrected chi connectivity index (χ0v) is 9.04. The lowest BCUT2D eigenvalue weighted by Gasteiger charge is -2.04. The van der Waals surface area contributed by atoms with Crippen LogP contribution in [0.2, 0.25) is 0 Å². The van der Waals surface area contributed by atoms with Crippen molar-refractivity contribution in [2.24, 2.45) is 0 Å². The Morgan fingerprint density at radius 3 is 2.62 bits per heavy atom. The van der Waals surface area contributed by atoms with Gasteiger partial charge in [-0.3, -0.25) is 4.98 Å². The molecule has 0 fully saturated rings. The van der Waals surface area contributed by atoms with Crippen molar-refractivity contribution in [3.63, 3.8) is 0 Å². The SMILES string of the molecule is c1ccc(OCCCc2ccncc2)nc1. The van der Waals surface area contributed by atoms with Gasteiger partial charge in [-0.05, 0) is 36.6 Å². The molecule has 0 radical (unpaired) electrons. The van der Waals surface area contributed by atoms with Gasteiger partial charge in [0.15, 0.2) is 0 Å². The Morgan fingerprint density at radius 1 is 1.00 bits per heavy atom. The molecule has 3 heteroatoms. The molecular weight excluding hydrogens is 200 g/mol. The van der Waals surface area contributed by atoms with E-state index in [2.05, 4.69) is 9.97 Å². The van der Waals surface area contributed by atoms with Crippen LogP contribution in [0.15, 0.2) is 48.9 Å². The molecule has 0 aliphatic carbocycles. The van der Waals surface area contributed by atoms with E-state index in [1.165, 1.54) is 5.56 Å². The van der Waals surface area contributed by atoms with Gasteiger partial charge in [0.05, 0.1) is 6.61 Å². The minimum absolute atomic E-state index is 0.692. The van der Waals surface area contributed by atoms with E-state index in [0.717, 1.165) is 12.8 Å². The van der Waals surface area contributed by atoms with Gasteiger partial charge in [0.2, 0.25) is 5.88 Å². The average molecular weight is 214 g/mol. The molecular formula is C13H14N2O. The predicted octanol–water partition coefficient (Wildman–Crippen LogP) is 2.49. The first-order valence-electron chi connectivity index (χ1n) is 5.38. The number of nitrogens with zero attached hydrogens (tertiary/aromatic N) is 2. The summed E-state index contributed by atoms with van der Waals surface area (Å²) in [6.45, 7) is 0.694. The van der Waals surface area contributed by atoms with Crippen molar-refractivity contribution in [2.45, 2.75) is 12.8 Å². The molecule has 0 bridgehead atoms. The highest BCUT2D eigenvalue weighted by Gasteiger charge is 1.94. The molecule has 3 nitrogen and oxygen atoms in total. The summed E-state index contributed by atoms with van der Waals surface area (Å²) in [4.78, 5) is 8.07. The van der Waals surface area contributed by atoms with Crippen LogP contribution in [0.5, 0.6) is 5.88 Å². The fraction of sp³-hybridized carbons (Fsp3) is 0.231. The topological polar surface area (TPSA) is 35.0 Å². The van der Waals surface area contributed by atoms with Crippen molar-refractivity contribution in [2.75, 3.05) is 6.61 Å². The molecule has 0 aromatic carbocycles. The van der Waals surface area contributed by atoms with Crippen LogP contribution in [-0.2, 0) is 6.42 Å². The number of ether oxygens (including phenoxy) is 1. The van der Waals surface area contributed by atoms with E-state index in [1.54, 1.807) is 6.20 Å². The first-order valence-corrected chi connectivity index (χ1v) is 5.38. The molecule has 2 heterocycles. The Labute approximate surface area is 95.1 Å². The second-order valence-electron chi connectivity index (χ2n) is 3.48. The minimum atomic E-state index is 0.692. The third kappa shape index (κ3) is 3.35. The van der Waals surface area contributed by atoms with Crippen molar-refractivity contribution < 1.29 is 4.74 Å². The van der Waals surface area contributed by atoms with Crippen LogP contribution < -0.4 is 4.74 Å². The number of aromatic nitrogens is 2. The molecule has 2 aromatic rings. The highest BCUT2D eigenvalue weighted by Crippen LogP contribution is 2.05. The summed E-state index contributed by atoms with van der Waals surface area (Å²) in [6.07, 6.45) is 7.36. The number of pyridine rings is 2. The van der Waals surface area contributed by atoms with Crippen molar-refractivity contribution in [3.8, 4) is 5.88 Å². The fourth-order valence-corrected chi connectivity index (χ4v) is 1.43. The van der Waals surface area contributed by atoms with Gasteiger partial charge < -0.3 is 4.74 Å². The molecule has 2 aromatic heterocycles. The molecule has 2 rings (SSSR count). The normalized spacial score (nSPS) is 10.0. The van der Waals surface area contributed by atoms with E-state index in [9.17, 15) is 0 Å². The smallest absolute Gasteiger partial charge is 0.213 e. The number of hydrogen-bond donors (Lipinski definition) is 0. The predicted molar refractivity (Wildman–Crippen MR) is 62.3 cm³/mol. The van der Waals surface area contributed by atoms with Crippen molar-refractivity contribution in [3.05, 3.63) is 54.5 Å². The molecule has 0 N–H and O–H groups in total. The first-order chi connectivity index (χ1) is 7.95. The summed E-state index contributed by atoms with van der Waals surface area (Å²) < 4.78 is 5.50. The largest absolute Gasteiger partial charge is 0.478 e. The molecule has 0 saturated heterocycles. The summed E-state index contributed by atoms with van der Waals surface area (Å²) in [7, 11) is 0. The lowest BCUT2D eigenvalue weighted by atomic mass is 10.1. The Balaban J connectivity index is 1.70. The van der Waals surface area contributed by atoms with E-state index < -0.39 is 0 Å². The Kier molecular flexibility index (Phi) is 3.88. The quantitative estimate of drug-likeness (QED) is 0.717. The van der Waals surface area contributed by atoms with Gasteiger partial charge >= 0.3 is 0 Å². The van der Waals surface area contributed by atoms with Crippen molar-refractivity contribution >= 4 is 0 Å². The van der Waals surface area contributed by atoms with Gasteiger partial charge in [-0.25, -0.2) is 4.98 Å². The third-order valence-electron chi connectivity index (χ3n) is 2.25. The van der Waals surface area contributed by atoms with Crippen LogP contribution in [0.3, 0.4) is 0 Å². The van der Waals surface area contributed by atoms with Crippen molar-refractivity contribution in [1.29, 1.82) is 0 Å². The summed E-state index contributed by atoms with van der Waals surface area (Å²) >= 11 is 0. The second-order valence-corrected chi connectivity index (χ2v) is 3.48. The van der Waals surface area contributed by atoms with E-state index in [1.807, 2.05) is 42.7 Å². The maximum atomic E-state index is 5.50. The van der Waals surface area contributed by atoms with Crippen LogP contribution in [-0.4, -0.2) is 16.6 Å². The first kappa shape index (κ1) is 10.6. The summed E-state index contributed by atoms with van der Waals surface area (Å²) in [5.74, 6) is 0.692. The van der Waals surface area contributed by atoms with Gasteiger partial charge in [-0.2, -0.15) is 0 Å². The summed E-state index contributed by atoms with van der Waals surface area (Å²) in [5.41, 5.74) is 1.29. The minimum Gasteiger partial charge on any atom is -0.478 e. The monoisotopic (exact) mass is 214 g/mol. The van der Waals surface area contributed by atoms with Crippen LogP contribution in [0.4, 0.5) is 0 Å². The third-order valence-corrected chi connectivity index (χ3v) is 2.25. The van der Waals surface area contributed by atoms with Gasteiger partial charge in [0, 0.05) is 24.7 Å². The maximum absolute atomic E-state index is 5.50. The van der Waals surface area contributed by atoms with E-state index in [0.29, 0.717) is 12.5 Å². The highest BCUT2D eigenvalue weighted by atomic mass is 16.5. The Bertz CT molecular complexity index is 361. The average Bonchev–Trinajstić information content (AvgIpc) is 2.37. The van der Waals surface area contributed by atoms with Crippen molar-refractivity contribution in [1.82, 2.24) is 9.97 Å². The lowest BCUT2D eigenvalue weighted by molar-refractivity contribution is 0.299. The van der Waals surface area contributed by atoms with E-state index in [-0.39, 0.29) is 0 Å².